The van der Waals surface area contributed by atoms with Crippen LogP contribution >= 0.6 is 0 Å². The minimum absolute atomic E-state index is 0.336. The van der Waals surface area contributed by atoms with Gasteiger partial charge in [-0.25, -0.2) is 18.4 Å². The third-order valence-electron chi connectivity index (χ3n) is 5.83. The molecule has 0 radical (unpaired) electrons. The highest BCUT2D eigenvalue weighted by atomic mass is 19.1. The predicted octanol–water partition coefficient (Wildman–Crippen LogP) is 1.95. The molecule has 4 aromatic heterocycles. The molecule has 0 amide bonds. The van der Waals surface area contributed by atoms with Gasteiger partial charge in [-0.15, -0.1) is 5.10 Å². The van der Waals surface area contributed by atoms with E-state index in [2.05, 4.69) is 35.7 Å². The zero-order valence-electron chi connectivity index (χ0n) is 18.1. The van der Waals surface area contributed by atoms with Gasteiger partial charge in [0.25, 0.3) is 0 Å². The van der Waals surface area contributed by atoms with Crippen LogP contribution in [0.25, 0.3) is 22.4 Å². The first-order valence-corrected chi connectivity index (χ1v) is 10.7. The largest absolute Gasteiger partial charge is 0.383 e. The van der Waals surface area contributed by atoms with Crippen LogP contribution in [0.3, 0.4) is 0 Å². The molecule has 1 fully saturated rings. The number of piperidine rings is 1. The molecule has 0 saturated carbocycles. The van der Waals surface area contributed by atoms with Gasteiger partial charge in [0.2, 0.25) is 5.95 Å². The maximum atomic E-state index is 14.8. The van der Waals surface area contributed by atoms with E-state index in [4.69, 9.17) is 4.74 Å². The number of nitrogens with zero attached hydrogens (tertiary/aromatic N) is 7. The summed E-state index contributed by atoms with van der Waals surface area (Å²) in [6.07, 6.45) is 5.11. The van der Waals surface area contributed by atoms with Crippen LogP contribution in [0.15, 0.2) is 36.8 Å². The van der Waals surface area contributed by atoms with E-state index < -0.39 is 6.17 Å². The number of alkyl halides is 1. The summed E-state index contributed by atoms with van der Waals surface area (Å²) in [5, 5.41) is 15.1. The Balaban J connectivity index is 1.40. The Kier molecular flexibility index (Phi) is 5.58. The van der Waals surface area contributed by atoms with Gasteiger partial charge in [-0.2, -0.15) is 10.1 Å². The van der Waals surface area contributed by atoms with E-state index >= 15 is 0 Å². The molecule has 2 N–H and O–H groups in total. The Morgan fingerprint density at radius 3 is 2.88 bits per heavy atom. The van der Waals surface area contributed by atoms with Crippen LogP contribution in [-0.4, -0.2) is 86.7 Å². The molecule has 0 aliphatic carbocycles. The van der Waals surface area contributed by atoms with Crippen molar-refractivity contribution in [3.05, 3.63) is 36.8 Å². The Hall–Kier alpha value is -3.31. The van der Waals surface area contributed by atoms with E-state index in [9.17, 15) is 4.39 Å². The van der Waals surface area contributed by atoms with Gasteiger partial charge in [0.15, 0.2) is 11.5 Å². The number of rotatable bonds is 7. The number of hydrogen-bond donors (Lipinski definition) is 2. The summed E-state index contributed by atoms with van der Waals surface area (Å²) in [4.78, 5) is 11.4. The molecule has 0 aromatic carbocycles. The van der Waals surface area contributed by atoms with Gasteiger partial charge >= 0.3 is 0 Å². The summed E-state index contributed by atoms with van der Waals surface area (Å²) >= 11 is 0. The highest BCUT2D eigenvalue weighted by molar-refractivity contribution is 5.87. The molecule has 11 heteroatoms. The molecule has 168 valence electrons. The van der Waals surface area contributed by atoms with Crippen molar-refractivity contribution in [2.45, 2.75) is 18.6 Å². The van der Waals surface area contributed by atoms with E-state index in [0.717, 1.165) is 35.5 Å². The second-order valence-electron chi connectivity index (χ2n) is 7.85. The van der Waals surface area contributed by atoms with Gasteiger partial charge in [-0.05, 0) is 18.6 Å². The fourth-order valence-electron chi connectivity index (χ4n) is 4.15. The van der Waals surface area contributed by atoms with Gasteiger partial charge in [0, 0.05) is 57.8 Å². The van der Waals surface area contributed by atoms with E-state index in [0.29, 0.717) is 31.3 Å². The van der Waals surface area contributed by atoms with Gasteiger partial charge in [0.05, 0.1) is 24.5 Å². The number of fused-ring (bicyclic) bond motifs is 2. The number of aromatic nitrogens is 6. The van der Waals surface area contributed by atoms with Crippen molar-refractivity contribution in [3.8, 4) is 11.3 Å². The molecule has 32 heavy (non-hydrogen) atoms. The van der Waals surface area contributed by atoms with Gasteiger partial charge in [-0.3, -0.25) is 4.90 Å². The number of likely N-dealkylation sites (tertiary alicyclic amines) is 1. The number of nitrogens with one attached hydrogen (secondary N) is 2. The third-order valence-corrected chi connectivity index (χ3v) is 5.83. The van der Waals surface area contributed by atoms with Crippen molar-refractivity contribution in [2.24, 2.45) is 0 Å². The van der Waals surface area contributed by atoms with Crippen LogP contribution in [0.4, 0.5) is 16.2 Å². The van der Waals surface area contributed by atoms with Gasteiger partial charge in [-0.1, -0.05) is 0 Å². The molecule has 1 aliphatic heterocycles. The molecule has 10 nitrogen and oxygen atoms in total. The molecule has 0 unspecified atom stereocenters. The summed E-state index contributed by atoms with van der Waals surface area (Å²) in [5.41, 5.74) is 3.27. The van der Waals surface area contributed by atoms with E-state index in [1.165, 1.54) is 0 Å². The second kappa shape index (κ2) is 8.67. The van der Waals surface area contributed by atoms with Crippen LogP contribution < -0.4 is 10.6 Å². The lowest BCUT2D eigenvalue weighted by Crippen LogP contribution is -2.48. The second-order valence-corrected chi connectivity index (χ2v) is 7.85. The number of hydrogen-bond acceptors (Lipinski definition) is 8. The average Bonchev–Trinajstić information content (AvgIpc) is 3.45. The summed E-state index contributed by atoms with van der Waals surface area (Å²) < 4.78 is 23.4. The molecule has 0 bridgehead atoms. The first kappa shape index (κ1) is 20.6. The highest BCUT2D eigenvalue weighted by Gasteiger charge is 2.30. The van der Waals surface area contributed by atoms with Crippen LogP contribution in [0, 0.1) is 0 Å². The average molecular weight is 439 g/mol. The molecule has 5 heterocycles. The van der Waals surface area contributed by atoms with E-state index in [1.54, 1.807) is 22.3 Å². The van der Waals surface area contributed by atoms with Crippen molar-refractivity contribution >= 4 is 22.9 Å². The van der Waals surface area contributed by atoms with Crippen molar-refractivity contribution < 1.29 is 9.13 Å². The van der Waals surface area contributed by atoms with Crippen LogP contribution in [0.1, 0.15) is 6.42 Å². The summed E-state index contributed by atoms with van der Waals surface area (Å²) in [6, 6.07) is 5.38. The van der Waals surface area contributed by atoms with Crippen molar-refractivity contribution in [1.82, 2.24) is 34.1 Å². The third kappa shape index (κ3) is 3.84. The smallest absolute Gasteiger partial charge is 0.243 e. The Morgan fingerprint density at radius 1 is 1.19 bits per heavy atom. The molecule has 1 saturated heterocycles. The molecule has 5 rings (SSSR count). The van der Waals surface area contributed by atoms with Crippen LogP contribution in [0.5, 0.6) is 0 Å². The lowest BCUT2D eigenvalue weighted by molar-refractivity contribution is 0.0918. The molecular formula is C21H26FN9O. The summed E-state index contributed by atoms with van der Waals surface area (Å²) in [5.74, 6) is 1.03. The first-order chi connectivity index (χ1) is 15.7. The van der Waals surface area contributed by atoms with Crippen molar-refractivity contribution in [3.63, 3.8) is 0 Å². The summed E-state index contributed by atoms with van der Waals surface area (Å²) in [7, 11) is 3.47. The standard InChI is InChI=1S/C21H26FN9O/c1-23-20-19-14(16-6-10-30-18(25-16)3-7-24-30)4-9-31(19)28-21(27-20)26-17-5-8-29(11-12-32-2)13-15(17)22/h3-4,6-7,9-10,15,17H,5,8,11-13H2,1-2H3,(H2,23,26,27,28)/t15-,17-/m1/s1. The Bertz CT molecular complexity index is 1220. The van der Waals surface area contributed by atoms with Crippen LogP contribution in [-0.2, 0) is 4.74 Å². The highest BCUT2D eigenvalue weighted by Crippen LogP contribution is 2.29. The number of ether oxygens (including phenoxy) is 1. The topological polar surface area (TPSA) is 96.9 Å². The van der Waals surface area contributed by atoms with E-state index in [1.807, 2.05) is 37.6 Å². The molecule has 2 atom stereocenters. The number of anilines is 2. The normalized spacial score (nSPS) is 19.6. The predicted molar refractivity (Wildman–Crippen MR) is 120 cm³/mol. The monoisotopic (exact) mass is 439 g/mol. The maximum absolute atomic E-state index is 14.8. The first-order valence-electron chi connectivity index (χ1n) is 10.7. The Labute approximate surface area is 184 Å². The maximum Gasteiger partial charge on any atom is 0.243 e. The van der Waals surface area contributed by atoms with E-state index in [-0.39, 0.29) is 6.04 Å². The zero-order valence-corrected chi connectivity index (χ0v) is 18.1. The fraction of sp³-hybridized carbons (Fsp3) is 0.429. The molecule has 1 aliphatic rings. The van der Waals surface area contributed by atoms with Crippen molar-refractivity contribution in [1.29, 1.82) is 0 Å². The fourth-order valence-corrected chi connectivity index (χ4v) is 4.15. The molecule has 0 spiro atoms. The Morgan fingerprint density at radius 2 is 2.06 bits per heavy atom. The SMILES string of the molecule is CNc1nc(N[C@@H]2CCN(CCOC)C[C@H]2F)nn2ccc(-c3ccn4nccc4n3)c12. The lowest BCUT2D eigenvalue weighted by Gasteiger charge is -2.34. The lowest BCUT2D eigenvalue weighted by atomic mass is 10.0. The minimum atomic E-state index is -1.01. The molecular weight excluding hydrogens is 413 g/mol. The number of halogens is 1. The quantitative estimate of drug-likeness (QED) is 0.451. The van der Waals surface area contributed by atoms with Crippen LogP contribution in [0.2, 0.25) is 0 Å². The number of methoxy groups -OCH3 is 1. The van der Waals surface area contributed by atoms with Gasteiger partial charge < -0.3 is 15.4 Å². The molecule has 4 aromatic rings. The zero-order chi connectivity index (χ0) is 22.1. The van der Waals surface area contributed by atoms with Crippen molar-refractivity contribution in [2.75, 3.05) is 51.0 Å². The minimum Gasteiger partial charge on any atom is -0.383 e. The van der Waals surface area contributed by atoms with Gasteiger partial charge in [0.1, 0.15) is 11.7 Å². The summed E-state index contributed by atoms with van der Waals surface area (Å²) in [6.45, 7) is 2.52.